The van der Waals surface area contributed by atoms with E-state index >= 15 is 0 Å². The first kappa shape index (κ1) is 20.3. The Kier molecular flexibility index (Phi) is 7.57. The molecule has 11 nitrogen and oxygen atoms in total. The topological polar surface area (TPSA) is 199 Å². The van der Waals surface area contributed by atoms with Crippen molar-refractivity contribution in [2.75, 3.05) is 6.61 Å². The van der Waals surface area contributed by atoms with Gasteiger partial charge in [-0.1, -0.05) is 0 Å². The maximum Gasteiger partial charge on any atom is 0.364 e. The molecule has 0 aliphatic carbocycles. The fraction of sp³-hybridized carbons (Fsp3) is 0.615. The van der Waals surface area contributed by atoms with Gasteiger partial charge in [0.05, 0.1) is 18.8 Å². The number of nitrogens with zero attached hydrogens (tertiary/aromatic N) is 2. The highest BCUT2D eigenvalue weighted by molar-refractivity contribution is 5.75. The van der Waals surface area contributed by atoms with E-state index in [9.17, 15) is 25.2 Å². The molecule has 1 aliphatic heterocycles. The minimum Gasteiger partial charge on any atom is -0.477 e. The summed E-state index contributed by atoms with van der Waals surface area (Å²) in [5.41, 5.74) is 5.51. The summed E-state index contributed by atoms with van der Waals surface area (Å²) in [6, 6.07) is 0.570. The average Bonchev–Trinajstić information content (AvgIpc) is 2.58. The lowest BCUT2D eigenvalue weighted by atomic mass is 9.89. The zero-order chi connectivity index (χ0) is 18.3. The summed E-state index contributed by atoms with van der Waals surface area (Å²) in [6.45, 7) is -0.810. The molecule has 136 valence electrons. The molecular weight excluding hydrogens is 326 g/mol. The third-order valence-electron chi connectivity index (χ3n) is 3.37. The fourth-order valence-corrected chi connectivity index (χ4v) is 2.01. The molecular formula is C13H21N3O8. The molecule has 1 aromatic rings. The van der Waals surface area contributed by atoms with Crippen molar-refractivity contribution in [3.8, 4) is 0 Å². The van der Waals surface area contributed by atoms with E-state index in [-0.39, 0.29) is 0 Å². The SMILES string of the molecule is N[C@H]1[C@H]([C@H](O)[C@H](O)CO)OC(O)(C(=O)O)C[C@@H]1O.c1cncnc1. The summed E-state index contributed by atoms with van der Waals surface area (Å²) in [7, 11) is 0. The number of nitrogens with two attached hydrogens (primary N) is 1. The van der Waals surface area contributed by atoms with Crippen LogP contribution in [0, 0.1) is 0 Å². The van der Waals surface area contributed by atoms with Crippen molar-refractivity contribution in [3.63, 3.8) is 0 Å². The predicted molar refractivity (Wildman–Crippen MR) is 77.2 cm³/mol. The van der Waals surface area contributed by atoms with Crippen LogP contribution in [0.15, 0.2) is 24.8 Å². The summed E-state index contributed by atoms with van der Waals surface area (Å²) in [4.78, 5) is 18.2. The van der Waals surface area contributed by atoms with Crippen molar-refractivity contribution in [2.45, 2.75) is 42.7 Å². The van der Waals surface area contributed by atoms with Gasteiger partial charge in [-0.25, -0.2) is 14.8 Å². The largest absolute Gasteiger partial charge is 0.477 e. The summed E-state index contributed by atoms with van der Waals surface area (Å²) < 4.78 is 4.75. The molecule has 1 aromatic heterocycles. The minimum absolute atomic E-state index is 0.665. The molecule has 1 fully saturated rings. The van der Waals surface area contributed by atoms with Crippen LogP contribution in [-0.2, 0) is 9.53 Å². The third kappa shape index (κ3) is 5.14. The highest BCUT2D eigenvalue weighted by Crippen LogP contribution is 2.29. The zero-order valence-electron chi connectivity index (χ0n) is 12.6. The molecule has 8 N–H and O–H groups in total. The quantitative estimate of drug-likeness (QED) is 0.284. The smallest absolute Gasteiger partial charge is 0.364 e. The Bertz CT molecular complexity index is 481. The van der Waals surface area contributed by atoms with Crippen LogP contribution in [0.3, 0.4) is 0 Å². The van der Waals surface area contributed by atoms with E-state index in [1.807, 2.05) is 0 Å². The van der Waals surface area contributed by atoms with Gasteiger partial charge in [0.2, 0.25) is 0 Å². The molecule has 2 rings (SSSR count). The zero-order valence-corrected chi connectivity index (χ0v) is 12.6. The van der Waals surface area contributed by atoms with Crippen LogP contribution in [0.2, 0.25) is 0 Å². The number of carbonyl (C=O) groups is 1. The maximum atomic E-state index is 10.8. The van der Waals surface area contributed by atoms with E-state index in [1.165, 1.54) is 6.33 Å². The highest BCUT2D eigenvalue weighted by Gasteiger charge is 2.52. The van der Waals surface area contributed by atoms with Gasteiger partial charge < -0.3 is 41.1 Å². The van der Waals surface area contributed by atoms with Crippen molar-refractivity contribution in [2.24, 2.45) is 5.73 Å². The van der Waals surface area contributed by atoms with Crippen molar-refractivity contribution in [1.82, 2.24) is 9.97 Å². The summed E-state index contributed by atoms with van der Waals surface area (Å²) in [5, 5.41) is 55.5. The second kappa shape index (κ2) is 8.94. The van der Waals surface area contributed by atoms with Gasteiger partial charge in [-0.05, 0) is 6.07 Å². The number of aromatic nitrogens is 2. The number of aliphatic carboxylic acids is 1. The minimum atomic E-state index is -2.70. The first-order chi connectivity index (χ1) is 11.2. The van der Waals surface area contributed by atoms with Gasteiger partial charge in [0.15, 0.2) is 0 Å². The summed E-state index contributed by atoms with van der Waals surface area (Å²) in [6.07, 6.45) is -2.14. The van der Waals surface area contributed by atoms with E-state index in [1.54, 1.807) is 18.5 Å². The molecule has 0 bridgehead atoms. The molecule has 0 aromatic carbocycles. The summed E-state index contributed by atoms with van der Waals surface area (Å²) in [5.74, 6) is -4.44. The first-order valence-corrected chi connectivity index (χ1v) is 6.97. The second-order valence-corrected chi connectivity index (χ2v) is 5.17. The Balaban J connectivity index is 0.000000400. The van der Waals surface area contributed by atoms with Crippen LogP contribution in [0.4, 0.5) is 0 Å². The maximum absolute atomic E-state index is 10.8. The lowest BCUT2D eigenvalue weighted by molar-refractivity contribution is -0.292. The molecule has 0 radical (unpaired) electrons. The van der Waals surface area contributed by atoms with E-state index in [0.717, 1.165) is 0 Å². The van der Waals surface area contributed by atoms with Crippen molar-refractivity contribution in [3.05, 3.63) is 24.8 Å². The molecule has 1 unspecified atom stereocenters. The normalized spacial score (nSPS) is 32.2. The standard InChI is InChI=1S/C9H17NO8.C4H4N2/c10-5-3(12)1-9(17,8(15)16)18-7(5)6(14)4(13)2-11;1-2-5-4-6-3-1/h3-7,11-14,17H,1-2,10H2,(H,15,16);1-4H/t3-,4+,5+,6+,7+,9?;/m0./s1. The summed E-state index contributed by atoms with van der Waals surface area (Å²) >= 11 is 0. The monoisotopic (exact) mass is 347 g/mol. The third-order valence-corrected chi connectivity index (χ3v) is 3.37. The van der Waals surface area contributed by atoms with Crippen LogP contribution in [0.25, 0.3) is 0 Å². The number of carboxylic acid groups (broad SMARTS) is 1. The Hall–Kier alpha value is -1.73. The second-order valence-electron chi connectivity index (χ2n) is 5.17. The molecule has 24 heavy (non-hydrogen) atoms. The molecule has 11 heteroatoms. The Labute approximate surface area is 137 Å². The van der Waals surface area contributed by atoms with Gasteiger partial charge in [-0.3, -0.25) is 0 Å². The van der Waals surface area contributed by atoms with Crippen LogP contribution in [-0.4, -0.2) is 89.4 Å². The van der Waals surface area contributed by atoms with Crippen LogP contribution >= 0.6 is 0 Å². The van der Waals surface area contributed by atoms with Gasteiger partial charge in [0.1, 0.15) is 24.6 Å². The number of carboxylic acids is 1. The van der Waals surface area contributed by atoms with E-state index < -0.39 is 55.2 Å². The Morgan fingerprint density at radius 3 is 2.33 bits per heavy atom. The predicted octanol–water partition coefficient (Wildman–Crippen LogP) is -3.57. The first-order valence-electron chi connectivity index (χ1n) is 6.97. The van der Waals surface area contributed by atoms with Crippen LogP contribution in [0.5, 0.6) is 0 Å². The number of rotatable bonds is 4. The Morgan fingerprint density at radius 1 is 1.38 bits per heavy atom. The Morgan fingerprint density at radius 2 is 1.96 bits per heavy atom. The van der Waals surface area contributed by atoms with E-state index in [0.29, 0.717) is 0 Å². The number of hydrogen-bond donors (Lipinski definition) is 7. The molecule has 2 heterocycles. The average molecular weight is 347 g/mol. The van der Waals surface area contributed by atoms with Gasteiger partial charge in [-0.15, -0.1) is 0 Å². The molecule has 0 amide bonds. The van der Waals surface area contributed by atoms with Gasteiger partial charge >= 0.3 is 5.97 Å². The lowest BCUT2D eigenvalue weighted by Crippen LogP contribution is -2.65. The van der Waals surface area contributed by atoms with Gasteiger partial charge in [-0.2, -0.15) is 0 Å². The van der Waals surface area contributed by atoms with Crippen molar-refractivity contribution in [1.29, 1.82) is 0 Å². The molecule has 6 atom stereocenters. The number of aliphatic hydroxyl groups is 5. The van der Waals surface area contributed by atoms with Gasteiger partial charge in [0, 0.05) is 18.8 Å². The molecule has 1 aliphatic rings. The van der Waals surface area contributed by atoms with Crippen molar-refractivity contribution < 1.29 is 40.2 Å². The fourth-order valence-electron chi connectivity index (χ4n) is 2.01. The van der Waals surface area contributed by atoms with E-state index in [4.69, 9.17) is 20.7 Å². The number of ether oxygens (including phenoxy) is 1. The number of hydrogen-bond acceptors (Lipinski definition) is 10. The highest BCUT2D eigenvalue weighted by atomic mass is 16.7. The molecule has 0 saturated carbocycles. The lowest BCUT2D eigenvalue weighted by Gasteiger charge is -2.43. The molecule has 1 saturated heterocycles. The van der Waals surface area contributed by atoms with E-state index in [2.05, 4.69) is 9.97 Å². The van der Waals surface area contributed by atoms with Crippen LogP contribution in [0.1, 0.15) is 6.42 Å². The van der Waals surface area contributed by atoms with Crippen LogP contribution < -0.4 is 5.73 Å². The van der Waals surface area contributed by atoms with Gasteiger partial charge in [0.25, 0.3) is 5.79 Å². The van der Waals surface area contributed by atoms with Crippen molar-refractivity contribution >= 4 is 5.97 Å². The molecule has 0 spiro atoms. The number of aliphatic hydroxyl groups excluding tert-OH is 4.